The smallest absolute Gasteiger partial charge is 0.226 e. The van der Waals surface area contributed by atoms with Crippen LogP contribution < -0.4 is 0 Å². The predicted molar refractivity (Wildman–Crippen MR) is 95.6 cm³/mol. The average molecular weight is 339 g/mol. The van der Waals surface area contributed by atoms with Crippen LogP contribution in [0, 0.1) is 5.92 Å². The number of carbonyl (C=O) groups is 2. The van der Waals surface area contributed by atoms with E-state index in [0.717, 1.165) is 18.2 Å². The molecular formula is C19H30O3S. The van der Waals surface area contributed by atoms with Crippen molar-refractivity contribution in [1.29, 1.82) is 0 Å². The highest BCUT2D eigenvalue weighted by molar-refractivity contribution is 8.15. The van der Waals surface area contributed by atoms with Crippen LogP contribution in [-0.2, 0) is 9.59 Å². The molecule has 0 amide bonds. The maximum absolute atomic E-state index is 11.7. The molecule has 2 fully saturated rings. The minimum absolute atomic E-state index is 0.0381. The summed E-state index contributed by atoms with van der Waals surface area (Å²) in [6, 6.07) is 0. The highest BCUT2D eigenvalue weighted by Crippen LogP contribution is 2.29. The number of aliphatic hydroxyl groups is 1. The Morgan fingerprint density at radius 2 is 1.43 bits per heavy atom. The molecule has 0 unspecified atom stereocenters. The van der Waals surface area contributed by atoms with Gasteiger partial charge in [-0.1, -0.05) is 82.4 Å². The Morgan fingerprint density at radius 1 is 0.913 bits per heavy atom. The maximum atomic E-state index is 11.7. The molecule has 4 heteroatoms. The Hall–Kier alpha value is -0.770. The Bertz CT molecular complexity index is 412. The third kappa shape index (κ3) is 6.33. The molecule has 0 spiro atoms. The Kier molecular flexibility index (Phi) is 8.21. The number of ketones is 1. The Balaban J connectivity index is 1.84. The molecule has 0 radical (unpaired) electrons. The van der Waals surface area contributed by atoms with E-state index in [9.17, 15) is 14.7 Å². The van der Waals surface area contributed by atoms with Gasteiger partial charge in [0.15, 0.2) is 5.78 Å². The van der Waals surface area contributed by atoms with E-state index in [1.165, 1.54) is 70.6 Å². The van der Waals surface area contributed by atoms with Crippen molar-refractivity contribution in [3.63, 3.8) is 0 Å². The third-order valence-electron chi connectivity index (χ3n) is 5.12. The van der Waals surface area contributed by atoms with Crippen LogP contribution in [0.25, 0.3) is 0 Å². The number of hydrogen-bond acceptors (Lipinski definition) is 4. The lowest BCUT2D eigenvalue weighted by Gasteiger charge is -2.18. The molecule has 2 aliphatic rings. The normalized spacial score (nSPS) is 25.0. The van der Waals surface area contributed by atoms with Gasteiger partial charge in [0.05, 0.1) is 5.75 Å². The highest BCUT2D eigenvalue weighted by Gasteiger charge is 2.30. The molecule has 0 aromatic carbocycles. The number of carbonyl (C=O) groups excluding carboxylic acids is 2. The number of aliphatic hydroxyl groups excluding tert-OH is 1. The molecule has 130 valence electrons. The van der Waals surface area contributed by atoms with Gasteiger partial charge in [0.25, 0.3) is 0 Å². The van der Waals surface area contributed by atoms with Crippen molar-refractivity contribution < 1.29 is 14.7 Å². The first-order valence-corrected chi connectivity index (χ1v) is 10.3. The van der Waals surface area contributed by atoms with E-state index >= 15 is 0 Å². The zero-order valence-corrected chi connectivity index (χ0v) is 15.0. The van der Waals surface area contributed by atoms with Gasteiger partial charge in [-0.2, -0.15) is 0 Å². The molecule has 1 aliphatic carbocycles. The van der Waals surface area contributed by atoms with Gasteiger partial charge >= 0.3 is 0 Å². The Morgan fingerprint density at radius 3 is 1.91 bits per heavy atom. The van der Waals surface area contributed by atoms with E-state index in [1.807, 2.05) is 0 Å². The third-order valence-corrected chi connectivity index (χ3v) is 5.99. The van der Waals surface area contributed by atoms with E-state index in [2.05, 4.69) is 0 Å². The van der Waals surface area contributed by atoms with Gasteiger partial charge < -0.3 is 5.11 Å². The van der Waals surface area contributed by atoms with E-state index in [-0.39, 0.29) is 28.0 Å². The highest BCUT2D eigenvalue weighted by atomic mass is 32.2. The van der Waals surface area contributed by atoms with Crippen molar-refractivity contribution in [2.75, 3.05) is 5.75 Å². The first-order valence-electron chi connectivity index (χ1n) is 9.31. The van der Waals surface area contributed by atoms with Crippen LogP contribution in [0.2, 0.25) is 0 Å². The minimum Gasteiger partial charge on any atom is -0.511 e. The quantitative estimate of drug-likeness (QED) is 0.428. The van der Waals surface area contributed by atoms with Crippen molar-refractivity contribution in [1.82, 2.24) is 0 Å². The lowest BCUT2D eigenvalue weighted by molar-refractivity contribution is -0.115. The summed E-state index contributed by atoms with van der Waals surface area (Å²) in [6.07, 6.45) is 15.9. The molecule has 0 aromatic rings. The lowest BCUT2D eigenvalue weighted by Crippen LogP contribution is -2.08. The van der Waals surface area contributed by atoms with Crippen LogP contribution in [-0.4, -0.2) is 21.8 Å². The van der Waals surface area contributed by atoms with Gasteiger partial charge in [-0.3, -0.25) is 9.59 Å². The standard InChI is InChI=1S/C19H30O3S/c20-16(18-17(21)14-23-19(18)22)13-12-15-10-8-6-4-2-1-3-5-7-9-11-15/h15,20H,1-14H2/b18-16+. The van der Waals surface area contributed by atoms with Crippen LogP contribution >= 0.6 is 11.8 Å². The summed E-state index contributed by atoms with van der Waals surface area (Å²) in [4.78, 5) is 23.3. The van der Waals surface area contributed by atoms with Gasteiger partial charge in [-0.25, -0.2) is 0 Å². The molecule has 1 saturated heterocycles. The monoisotopic (exact) mass is 338 g/mol. The number of rotatable bonds is 3. The van der Waals surface area contributed by atoms with Crippen LogP contribution in [0.5, 0.6) is 0 Å². The zero-order chi connectivity index (χ0) is 16.5. The van der Waals surface area contributed by atoms with E-state index in [1.54, 1.807) is 0 Å². The zero-order valence-electron chi connectivity index (χ0n) is 14.1. The van der Waals surface area contributed by atoms with Gasteiger partial charge in [0.1, 0.15) is 11.3 Å². The molecule has 23 heavy (non-hydrogen) atoms. The van der Waals surface area contributed by atoms with Crippen molar-refractivity contribution in [3.05, 3.63) is 11.3 Å². The molecule has 1 saturated carbocycles. The van der Waals surface area contributed by atoms with E-state index in [0.29, 0.717) is 12.3 Å². The van der Waals surface area contributed by atoms with Crippen molar-refractivity contribution >= 4 is 22.7 Å². The van der Waals surface area contributed by atoms with Gasteiger partial charge in [0.2, 0.25) is 5.12 Å². The van der Waals surface area contributed by atoms with Crippen molar-refractivity contribution in [2.45, 2.75) is 83.5 Å². The predicted octanol–water partition coefficient (Wildman–Crippen LogP) is 5.34. The number of thioether (sulfide) groups is 1. The van der Waals surface area contributed by atoms with Crippen molar-refractivity contribution in [3.8, 4) is 0 Å². The number of allylic oxidation sites excluding steroid dienone is 1. The maximum Gasteiger partial charge on any atom is 0.226 e. The molecule has 0 aromatic heterocycles. The van der Waals surface area contributed by atoms with Gasteiger partial charge in [0, 0.05) is 6.42 Å². The molecule has 0 atom stereocenters. The summed E-state index contributed by atoms with van der Waals surface area (Å²) in [5, 5.41) is 9.91. The minimum atomic E-state index is -0.244. The van der Waals surface area contributed by atoms with Crippen molar-refractivity contribution in [2.24, 2.45) is 5.92 Å². The fraction of sp³-hybridized carbons (Fsp3) is 0.789. The second-order valence-corrected chi connectivity index (χ2v) is 7.93. The summed E-state index contributed by atoms with van der Waals surface area (Å²) in [5.74, 6) is 0.658. The molecule has 0 bridgehead atoms. The molecule has 1 N–H and O–H groups in total. The summed E-state index contributed by atoms with van der Waals surface area (Å²) in [6.45, 7) is 0. The lowest BCUT2D eigenvalue weighted by atomic mass is 9.89. The van der Waals surface area contributed by atoms with Crippen LogP contribution in [0.4, 0.5) is 0 Å². The first kappa shape index (κ1) is 18.6. The molecule has 2 rings (SSSR count). The van der Waals surface area contributed by atoms with Gasteiger partial charge in [-0.15, -0.1) is 0 Å². The Labute approximate surface area is 144 Å². The molecule has 1 aliphatic heterocycles. The second-order valence-electron chi connectivity index (χ2n) is 6.99. The summed E-state index contributed by atoms with van der Waals surface area (Å²) < 4.78 is 0. The summed E-state index contributed by atoms with van der Waals surface area (Å²) in [5.41, 5.74) is 0.0724. The SMILES string of the molecule is O=C1CSC(=O)/C1=C(/O)CCC1CCCCCCCCCCC1. The number of Topliss-reactive ketones (excluding diaryl/α,β-unsaturated/α-hetero) is 1. The summed E-state index contributed by atoms with van der Waals surface area (Å²) in [7, 11) is 0. The van der Waals surface area contributed by atoms with Crippen LogP contribution in [0.15, 0.2) is 11.3 Å². The fourth-order valence-electron chi connectivity index (χ4n) is 3.67. The molecular weight excluding hydrogens is 308 g/mol. The van der Waals surface area contributed by atoms with Gasteiger partial charge in [-0.05, 0) is 12.3 Å². The van der Waals surface area contributed by atoms with Crippen LogP contribution in [0.1, 0.15) is 83.5 Å². The molecule has 1 heterocycles. The topological polar surface area (TPSA) is 54.4 Å². The second kappa shape index (κ2) is 10.2. The summed E-state index contributed by atoms with van der Waals surface area (Å²) >= 11 is 1.01. The number of hydrogen-bond donors (Lipinski definition) is 1. The first-order chi connectivity index (χ1) is 11.2. The fourth-order valence-corrected chi connectivity index (χ4v) is 4.45. The van der Waals surface area contributed by atoms with E-state index in [4.69, 9.17) is 0 Å². The van der Waals surface area contributed by atoms with E-state index < -0.39 is 0 Å². The molecule has 3 nitrogen and oxygen atoms in total. The van der Waals surface area contributed by atoms with Crippen LogP contribution in [0.3, 0.4) is 0 Å². The average Bonchev–Trinajstić information content (AvgIpc) is 2.85. The largest absolute Gasteiger partial charge is 0.511 e.